The lowest BCUT2D eigenvalue weighted by Gasteiger charge is -2.36. The minimum Gasteiger partial charge on any atom is -0.465 e. The first-order valence-electron chi connectivity index (χ1n) is 6.68. The average Bonchev–Trinajstić information content (AvgIpc) is 2.28. The molecular formula is C15H26O4. The fraction of sp³-hybridized carbons (Fsp3) is 0.733. The van der Waals surface area contributed by atoms with E-state index in [2.05, 4.69) is 6.58 Å². The van der Waals surface area contributed by atoms with Gasteiger partial charge in [-0.25, -0.2) is 0 Å². The van der Waals surface area contributed by atoms with Crippen LogP contribution in [0.4, 0.5) is 0 Å². The summed E-state index contributed by atoms with van der Waals surface area (Å²) < 4.78 is 10.0. The quantitative estimate of drug-likeness (QED) is 0.405. The van der Waals surface area contributed by atoms with Crippen molar-refractivity contribution in [2.45, 2.75) is 41.5 Å². The van der Waals surface area contributed by atoms with Gasteiger partial charge in [0.25, 0.3) is 0 Å². The van der Waals surface area contributed by atoms with Gasteiger partial charge in [-0.15, -0.1) is 0 Å². The molecule has 0 fully saturated rings. The molecule has 110 valence electrons. The lowest BCUT2D eigenvalue weighted by atomic mass is 9.67. The van der Waals surface area contributed by atoms with Gasteiger partial charge in [0.15, 0.2) is 5.92 Å². The number of hydrogen-bond donors (Lipinski definition) is 0. The van der Waals surface area contributed by atoms with Crippen LogP contribution in [-0.2, 0) is 19.1 Å². The maximum absolute atomic E-state index is 12.1. The van der Waals surface area contributed by atoms with Gasteiger partial charge in [0.05, 0.1) is 13.2 Å². The second-order valence-corrected chi connectivity index (χ2v) is 5.33. The van der Waals surface area contributed by atoms with E-state index >= 15 is 0 Å². The zero-order valence-corrected chi connectivity index (χ0v) is 12.9. The number of rotatable bonds is 7. The highest BCUT2D eigenvalue weighted by atomic mass is 16.6. The molecule has 4 nitrogen and oxygen atoms in total. The third-order valence-corrected chi connectivity index (χ3v) is 3.64. The Morgan fingerprint density at radius 1 is 1.11 bits per heavy atom. The number of carbonyl (C=O) groups is 2. The second-order valence-electron chi connectivity index (χ2n) is 5.33. The molecule has 0 heterocycles. The van der Waals surface area contributed by atoms with E-state index in [-0.39, 0.29) is 19.1 Å². The molecule has 0 aliphatic rings. The zero-order valence-electron chi connectivity index (χ0n) is 12.9. The molecule has 0 aromatic carbocycles. The van der Waals surface area contributed by atoms with Gasteiger partial charge in [-0.2, -0.15) is 0 Å². The molecule has 0 bridgehead atoms. The maximum Gasteiger partial charge on any atom is 0.320 e. The lowest BCUT2D eigenvalue weighted by Crippen LogP contribution is -2.43. The molecule has 0 aliphatic carbocycles. The monoisotopic (exact) mass is 270 g/mol. The molecule has 0 N–H and O–H groups in total. The van der Waals surface area contributed by atoms with Crippen molar-refractivity contribution in [3.63, 3.8) is 0 Å². The highest BCUT2D eigenvalue weighted by Crippen LogP contribution is 2.40. The van der Waals surface area contributed by atoms with Gasteiger partial charge >= 0.3 is 11.9 Å². The topological polar surface area (TPSA) is 52.6 Å². The largest absolute Gasteiger partial charge is 0.465 e. The fourth-order valence-electron chi connectivity index (χ4n) is 2.04. The van der Waals surface area contributed by atoms with Crippen molar-refractivity contribution in [2.75, 3.05) is 13.2 Å². The van der Waals surface area contributed by atoms with Gasteiger partial charge in [-0.05, 0) is 32.1 Å². The number of carbonyl (C=O) groups excluding carboxylic acids is 2. The van der Waals surface area contributed by atoms with Crippen molar-refractivity contribution in [1.29, 1.82) is 0 Å². The predicted octanol–water partition coefficient (Wildman–Crippen LogP) is 2.97. The minimum atomic E-state index is -0.931. The van der Waals surface area contributed by atoms with Crippen molar-refractivity contribution >= 4 is 11.9 Å². The normalized spacial score (nSPS) is 13.0. The van der Waals surface area contributed by atoms with Crippen LogP contribution in [0.15, 0.2) is 12.2 Å². The van der Waals surface area contributed by atoms with Crippen LogP contribution in [0, 0.1) is 17.3 Å². The van der Waals surface area contributed by atoms with Gasteiger partial charge < -0.3 is 9.47 Å². The molecule has 4 heteroatoms. The highest BCUT2D eigenvalue weighted by Gasteiger charge is 2.46. The van der Waals surface area contributed by atoms with Gasteiger partial charge in [0, 0.05) is 0 Å². The molecule has 0 rings (SSSR count). The molecule has 0 spiro atoms. The maximum atomic E-state index is 12.1. The Kier molecular flexibility index (Phi) is 6.81. The molecule has 0 aromatic heterocycles. The molecule has 0 saturated heterocycles. The van der Waals surface area contributed by atoms with E-state index in [1.165, 1.54) is 0 Å². The molecular weight excluding hydrogens is 244 g/mol. The Hall–Kier alpha value is -1.32. The standard InChI is InChI=1S/C15H26O4/c1-8-18-13(16)12(14(17)19-9-2)15(6,7)11(5)10(3)4/h11-12H,3,8-9H2,1-2,4-7H3. The van der Waals surface area contributed by atoms with Crippen molar-refractivity contribution in [3.05, 3.63) is 12.2 Å². The molecule has 0 aliphatic heterocycles. The summed E-state index contributed by atoms with van der Waals surface area (Å²) >= 11 is 0. The first kappa shape index (κ1) is 17.7. The van der Waals surface area contributed by atoms with E-state index in [1.54, 1.807) is 13.8 Å². The van der Waals surface area contributed by atoms with E-state index < -0.39 is 23.3 Å². The van der Waals surface area contributed by atoms with Crippen molar-refractivity contribution in [2.24, 2.45) is 17.3 Å². The lowest BCUT2D eigenvalue weighted by molar-refractivity contribution is -0.168. The summed E-state index contributed by atoms with van der Waals surface area (Å²) in [6.45, 7) is 15.4. The molecule has 0 radical (unpaired) electrons. The summed E-state index contributed by atoms with van der Waals surface area (Å²) in [5.41, 5.74) is 0.313. The Balaban J connectivity index is 5.38. The molecule has 0 amide bonds. The first-order valence-corrected chi connectivity index (χ1v) is 6.68. The number of allylic oxidation sites excluding steroid dienone is 1. The number of hydrogen-bond acceptors (Lipinski definition) is 4. The summed E-state index contributed by atoms with van der Waals surface area (Å²) in [6.07, 6.45) is 0. The van der Waals surface area contributed by atoms with E-state index in [0.717, 1.165) is 5.57 Å². The molecule has 0 saturated carbocycles. The first-order chi connectivity index (χ1) is 8.69. The fourth-order valence-corrected chi connectivity index (χ4v) is 2.04. The highest BCUT2D eigenvalue weighted by molar-refractivity contribution is 5.96. The Labute approximate surface area is 116 Å². The van der Waals surface area contributed by atoms with Crippen LogP contribution < -0.4 is 0 Å². The van der Waals surface area contributed by atoms with Gasteiger partial charge in [-0.1, -0.05) is 32.9 Å². The Morgan fingerprint density at radius 2 is 1.47 bits per heavy atom. The third-order valence-electron chi connectivity index (χ3n) is 3.64. The molecule has 1 unspecified atom stereocenters. The van der Waals surface area contributed by atoms with E-state index in [9.17, 15) is 9.59 Å². The van der Waals surface area contributed by atoms with E-state index in [1.807, 2.05) is 27.7 Å². The number of ether oxygens (including phenoxy) is 2. The van der Waals surface area contributed by atoms with Crippen molar-refractivity contribution < 1.29 is 19.1 Å². The minimum absolute atomic E-state index is 0.00804. The Bertz CT molecular complexity index is 326. The SMILES string of the molecule is C=C(C)C(C)C(C)(C)C(C(=O)OCC)C(=O)OCC. The van der Waals surface area contributed by atoms with Crippen LogP contribution in [-0.4, -0.2) is 25.2 Å². The van der Waals surface area contributed by atoms with Gasteiger partial charge in [0.2, 0.25) is 0 Å². The smallest absolute Gasteiger partial charge is 0.320 e. The average molecular weight is 270 g/mol. The summed E-state index contributed by atoms with van der Waals surface area (Å²) in [5.74, 6) is -2.00. The van der Waals surface area contributed by atoms with Crippen LogP contribution in [0.1, 0.15) is 41.5 Å². The van der Waals surface area contributed by atoms with E-state index in [0.29, 0.717) is 0 Å². The van der Waals surface area contributed by atoms with Crippen LogP contribution in [0.5, 0.6) is 0 Å². The Morgan fingerprint density at radius 3 is 1.74 bits per heavy atom. The summed E-state index contributed by atoms with van der Waals surface area (Å²) in [5, 5.41) is 0. The van der Waals surface area contributed by atoms with E-state index in [4.69, 9.17) is 9.47 Å². The predicted molar refractivity (Wildman–Crippen MR) is 74.5 cm³/mol. The molecule has 1 atom stereocenters. The number of esters is 2. The summed E-state index contributed by atoms with van der Waals surface area (Å²) in [4.78, 5) is 24.2. The second kappa shape index (κ2) is 7.31. The molecule has 0 aromatic rings. The third kappa shape index (κ3) is 4.37. The molecule has 19 heavy (non-hydrogen) atoms. The van der Waals surface area contributed by atoms with Gasteiger partial charge in [0.1, 0.15) is 0 Å². The summed E-state index contributed by atoms with van der Waals surface area (Å²) in [6, 6.07) is 0. The van der Waals surface area contributed by atoms with Crippen LogP contribution in [0.2, 0.25) is 0 Å². The van der Waals surface area contributed by atoms with Gasteiger partial charge in [-0.3, -0.25) is 9.59 Å². The summed E-state index contributed by atoms with van der Waals surface area (Å²) in [7, 11) is 0. The van der Waals surface area contributed by atoms with Crippen molar-refractivity contribution in [1.82, 2.24) is 0 Å². The van der Waals surface area contributed by atoms with Crippen LogP contribution in [0.3, 0.4) is 0 Å². The van der Waals surface area contributed by atoms with Crippen LogP contribution >= 0.6 is 0 Å². The van der Waals surface area contributed by atoms with Crippen molar-refractivity contribution in [3.8, 4) is 0 Å². The van der Waals surface area contributed by atoms with Crippen LogP contribution in [0.25, 0.3) is 0 Å². The zero-order chi connectivity index (χ0) is 15.2.